The molecule has 2 amide bonds. The van der Waals surface area contributed by atoms with E-state index in [1.54, 1.807) is 6.20 Å². The number of fused-ring (bicyclic) bond motifs is 1. The Morgan fingerprint density at radius 3 is 2.69 bits per heavy atom. The molecule has 0 bridgehead atoms. The van der Waals surface area contributed by atoms with E-state index in [4.69, 9.17) is 4.74 Å². The van der Waals surface area contributed by atoms with E-state index in [9.17, 15) is 9.59 Å². The van der Waals surface area contributed by atoms with Gasteiger partial charge in [-0.2, -0.15) is 0 Å². The number of amides is 2. The fraction of sp³-hybridized carbons (Fsp3) is 0.593. The molecule has 36 heavy (non-hydrogen) atoms. The predicted octanol–water partition coefficient (Wildman–Crippen LogP) is 5.68. The Morgan fingerprint density at radius 1 is 1.22 bits per heavy atom. The van der Waals surface area contributed by atoms with Crippen LogP contribution < -0.4 is 20.3 Å². The number of ether oxygens (including phenoxy) is 1. The Morgan fingerprint density at radius 2 is 1.97 bits per heavy atom. The van der Waals surface area contributed by atoms with Crippen molar-refractivity contribution in [2.24, 2.45) is 5.92 Å². The second-order valence-corrected chi connectivity index (χ2v) is 12.0. The minimum atomic E-state index is -0.457. The quantitative estimate of drug-likeness (QED) is 0.422. The van der Waals surface area contributed by atoms with Gasteiger partial charge in [0.15, 0.2) is 0 Å². The molecule has 196 valence electrons. The molecule has 1 atom stereocenters. The molecule has 5 rings (SSSR count). The van der Waals surface area contributed by atoms with Crippen molar-refractivity contribution in [3.05, 3.63) is 38.6 Å². The molecule has 3 aliphatic rings. The first-order valence-electron chi connectivity index (χ1n) is 13.2. The molecule has 2 aromatic heterocycles. The Bertz CT molecular complexity index is 1040. The van der Waals surface area contributed by atoms with Crippen LogP contribution in [-0.2, 0) is 11.3 Å². The maximum Gasteiger partial charge on any atom is 0.262 e. The highest BCUT2D eigenvalue weighted by Crippen LogP contribution is 2.34. The lowest BCUT2D eigenvalue weighted by Gasteiger charge is -2.30. The Hall–Kier alpha value is -2.13. The minimum Gasteiger partial charge on any atom is -0.474 e. The van der Waals surface area contributed by atoms with Gasteiger partial charge in [-0.15, -0.1) is 11.3 Å². The Labute approximate surface area is 226 Å². The third-order valence-electron chi connectivity index (χ3n) is 6.56. The second kappa shape index (κ2) is 12.9. The van der Waals surface area contributed by atoms with Gasteiger partial charge in [0.1, 0.15) is 18.3 Å². The van der Waals surface area contributed by atoms with Crippen LogP contribution in [0.25, 0.3) is 0 Å². The van der Waals surface area contributed by atoms with Gasteiger partial charge in [-0.25, -0.2) is 4.98 Å². The molecule has 0 aromatic carbocycles. The zero-order valence-electron chi connectivity index (χ0n) is 21.2. The summed E-state index contributed by atoms with van der Waals surface area (Å²) in [7, 11) is 0. The molecule has 2 aromatic rings. The number of nitrogens with one attached hydrogen (secondary N) is 2. The molecule has 1 aliphatic heterocycles. The smallest absolute Gasteiger partial charge is 0.262 e. The molecule has 7 nitrogen and oxygen atoms in total. The summed E-state index contributed by atoms with van der Waals surface area (Å²) in [6.45, 7) is 6.27. The van der Waals surface area contributed by atoms with Crippen LogP contribution in [0.5, 0.6) is 5.88 Å². The maximum atomic E-state index is 13.1. The lowest BCUT2D eigenvalue weighted by atomic mass is 9.97. The average molecular weight is 578 g/mol. The monoisotopic (exact) mass is 576 g/mol. The number of hydrogen-bond acceptors (Lipinski definition) is 6. The number of rotatable bonds is 8. The highest BCUT2D eigenvalue weighted by molar-refractivity contribution is 9.10. The van der Waals surface area contributed by atoms with Gasteiger partial charge in [0.2, 0.25) is 11.8 Å². The number of hydrogen-bond donors (Lipinski definition) is 2. The molecule has 0 radical (unpaired) electrons. The van der Waals surface area contributed by atoms with Crippen molar-refractivity contribution in [3.63, 3.8) is 0 Å². The number of carbonyl (C=O) groups excluding carboxylic acids is 2. The van der Waals surface area contributed by atoms with E-state index in [1.807, 2.05) is 18.2 Å². The van der Waals surface area contributed by atoms with Gasteiger partial charge in [0.25, 0.3) is 5.91 Å². The number of aromatic nitrogens is 1. The number of thiophene rings is 1. The third kappa shape index (κ3) is 7.44. The largest absolute Gasteiger partial charge is 0.474 e. The van der Waals surface area contributed by atoms with Gasteiger partial charge >= 0.3 is 0 Å². The van der Waals surface area contributed by atoms with Crippen LogP contribution in [0.3, 0.4) is 0 Å². The van der Waals surface area contributed by atoms with Crippen LogP contribution in [0, 0.1) is 5.92 Å². The molecule has 2 aliphatic carbocycles. The van der Waals surface area contributed by atoms with E-state index in [-0.39, 0.29) is 11.8 Å². The zero-order valence-corrected chi connectivity index (χ0v) is 23.6. The zero-order chi connectivity index (χ0) is 25.5. The van der Waals surface area contributed by atoms with E-state index in [0.29, 0.717) is 35.9 Å². The van der Waals surface area contributed by atoms with E-state index < -0.39 is 6.04 Å². The van der Waals surface area contributed by atoms with Gasteiger partial charge in [-0.05, 0) is 59.3 Å². The summed E-state index contributed by atoms with van der Waals surface area (Å²) in [5.41, 5.74) is 0.948. The van der Waals surface area contributed by atoms with E-state index in [2.05, 4.69) is 50.3 Å². The van der Waals surface area contributed by atoms with Gasteiger partial charge < -0.3 is 20.3 Å². The van der Waals surface area contributed by atoms with E-state index >= 15 is 0 Å². The van der Waals surface area contributed by atoms with Crippen LogP contribution in [0.2, 0.25) is 0 Å². The SMILES string of the molecule is CCC.O=C(NC(CC1CCCC1)C(=O)NC1CC1)c1ccc(CN2CCOc3ncc(Br)cc32)s1. The summed E-state index contributed by atoms with van der Waals surface area (Å²) in [6, 6.07) is 5.70. The maximum absolute atomic E-state index is 13.1. The van der Waals surface area contributed by atoms with Crippen molar-refractivity contribution in [2.45, 2.75) is 83.8 Å². The number of nitrogens with zero attached hydrogens (tertiary/aromatic N) is 2. The van der Waals surface area contributed by atoms with Crippen molar-refractivity contribution in [1.29, 1.82) is 0 Å². The molecule has 0 saturated heterocycles. The third-order valence-corrected chi connectivity index (χ3v) is 8.06. The average Bonchev–Trinajstić information content (AvgIpc) is 3.30. The fourth-order valence-electron chi connectivity index (χ4n) is 4.63. The fourth-order valence-corrected chi connectivity index (χ4v) is 5.88. The summed E-state index contributed by atoms with van der Waals surface area (Å²) in [5.74, 6) is 0.966. The molecule has 1 unspecified atom stereocenters. The van der Waals surface area contributed by atoms with Gasteiger partial charge in [0, 0.05) is 21.6 Å². The number of carbonyl (C=O) groups is 2. The highest BCUT2D eigenvalue weighted by atomic mass is 79.9. The molecular formula is C27H37BrN4O3S. The Kier molecular flexibility index (Phi) is 9.65. The van der Waals surface area contributed by atoms with Crippen LogP contribution in [0.1, 0.15) is 79.8 Å². The minimum absolute atomic E-state index is 0.0301. The molecule has 3 heterocycles. The Balaban J connectivity index is 0.000000967. The molecule has 9 heteroatoms. The van der Waals surface area contributed by atoms with Gasteiger partial charge in [-0.1, -0.05) is 46.0 Å². The lowest BCUT2D eigenvalue weighted by Crippen LogP contribution is -2.48. The summed E-state index contributed by atoms with van der Waals surface area (Å²) < 4.78 is 6.57. The highest BCUT2D eigenvalue weighted by Gasteiger charge is 2.31. The normalized spacial score (nSPS) is 17.9. The molecular weight excluding hydrogens is 540 g/mol. The standard InChI is InChI=1S/C24H29BrN4O3S.C3H8/c25-16-12-20-24(26-13-16)32-10-9-29(20)14-18-7-8-21(33-18)23(31)28-19(11-15-3-1-2-4-15)22(30)27-17-5-6-17;1-3-2/h7-8,12-13,15,17,19H,1-6,9-11,14H2,(H,27,30)(H,28,31);3H2,1-2H3. The molecule has 2 saturated carbocycles. The summed E-state index contributed by atoms with van der Waals surface area (Å²) in [4.78, 5) is 34.2. The van der Waals surface area contributed by atoms with Crippen molar-refractivity contribution < 1.29 is 14.3 Å². The number of halogens is 1. The first-order chi connectivity index (χ1) is 17.5. The van der Waals surface area contributed by atoms with Crippen molar-refractivity contribution in [2.75, 3.05) is 18.1 Å². The molecule has 2 fully saturated rings. The van der Waals surface area contributed by atoms with Crippen LogP contribution in [-0.4, -0.2) is 42.0 Å². The number of anilines is 1. The van der Waals surface area contributed by atoms with Crippen LogP contribution >= 0.6 is 27.3 Å². The van der Waals surface area contributed by atoms with Crippen molar-refractivity contribution in [3.8, 4) is 5.88 Å². The van der Waals surface area contributed by atoms with Gasteiger partial charge in [-0.3, -0.25) is 9.59 Å². The predicted molar refractivity (Wildman–Crippen MR) is 148 cm³/mol. The molecule has 2 N–H and O–H groups in total. The summed E-state index contributed by atoms with van der Waals surface area (Å²) >= 11 is 4.96. The topological polar surface area (TPSA) is 83.6 Å². The van der Waals surface area contributed by atoms with Crippen LogP contribution in [0.4, 0.5) is 5.69 Å². The number of pyridine rings is 1. The van der Waals surface area contributed by atoms with Crippen molar-refractivity contribution in [1.82, 2.24) is 15.6 Å². The first-order valence-corrected chi connectivity index (χ1v) is 14.8. The van der Waals surface area contributed by atoms with Crippen LogP contribution in [0.15, 0.2) is 28.9 Å². The first kappa shape index (κ1) is 26.9. The van der Waals surface area contributed by atoms with Gasteiger partial charge in [0.05, 0.1) is 18.0 Å². The van der Waals surface area contributed by atoms with Crippen molar-refractivity contribution >= 4 is 44.8 Å². The van der Waals surface area contributed by atoms with E-state index in [0.717, 1.165) is 53.7 Å². The lowest BCUT2D eigenvalue weighted by molar-refractivity contribution is -0.123. The van der Waals surface area contributed by atoms with E-state index in [1.165, 1.54) is 30.6 Å². The summed E-state index contributed by atoms with van der Waals surface area (Å²) in [5, 5.41) is 6.12. The molecule has 0 spiro atoms. The second-order valence-electron chi connectivity index (χ2n) is 9.92. The summed E-state index contributed by atoms with van der Waals surface area (Å²) in [6.07, 6.45) is 10.5.